The molecule has 0 spiro atoms. The summed E-state index contributed by atoms with van der Waals surface area (Å²) in [5.41, 5.74) is 2.11. The van der Waals surface area contributed by atoms with Crippen LogP contribution in [0.1, 0.15) is 27.2 Å². The number of hydrogen-bond acceptors (Lipinski definition) is 4. The maximum Gasteiger partial charge on any atom is 0.387 e. The summed E-state index contributed by atoms with van der Waals surface area (Å²) in [5.74, 6) is 0.319. The molecule has 0 aliphatic heterocycles. The second-order valence-corrected chi connectivity index (χ2v) is 5.98. The van der Waals surface area contributed by atoms with Crippen molar-refractivity contribution in [1.82, 2.24) is 5.32 Å². The van der Waals surface area contributed by atoms with Crippen LogP contribution in [0.15, 0.2) is 71.3 Å². The van der Waals surface area contributed by atoms with Crippen LogP contribution in [-0.4, -0.2) is 12.5 Å². The van der Waals surface area contributed by atoms with E-state index in [1.54, 1.807) is 12.3 Å². The van der Waals surface area contributed by atoms with Crippen molar-refractivity contribution >= 4 is 5.91 Å². The largest absolute Gasteiger partial charge is 0.467 e. The zero-order valence-electron chi connectivity index (χ0n) is 14.9. The van der Waals surface area contributed by atoms with Crippen molar-refractivity contribution in [2.75, 3.05) is 0 Å². The van der Waals surface area contributed by atoms with Crippen LogP contribution in [0.2, 0.25) is 0 Å². The molecule has 0 atom stereocenters. The Morgan fingerprint density at radius 3 is 2.61 bits per heavy atom. The van der Waals surface area contributed by atoms with E-state index in [-0.39, 0.29) is 17.2 Å². The molecule has 0 saturated carbocycles. The third kappa shape index (κ3) is 5.92. The molecular formula is C21H19F2NO4. The molecule has 7 heteroatoms. The number of ether oxygens (including phenoxy) is 2. The highest BCUT2D eigenvalue weighted by Crippen LogP contribution is 2.16. The monoisotopic (exact) mass is 387 g/mol. The van der Waals surface area contributed by atoms with Gasteiger partial charge in [-0.2, -0.15) is 8.78 Å². The molecule has 3 rings (SSSR count). The highest BCUT2D eigenvalue weighted by molar-refractivity contribution is 5.94. The molecule has 1 aromatic heterocycles. The lowest BCUT2D eigenvalue weighted by Gasteiger charge is -2.09. The van der Waals surface area contributed by atoms with Gasteiger partial charge in [0.2, 0.25) is 0 Å². The van der Waals surface area contributed by atoms with Crippen molar-refractivity contribution in [2.45, 2.75) is 26.4 Å². The number of hydrogen-bond donors (Lipinski definition) is 1. The number of halogens is 2. The Labute approximate surface area is 160 Å². The van der Waals surface area contributed by atoms with Gasteiger partial charge in [-0.25, -0.2) is 0 Å². The average Bonchev–Trinajstić information content (AvgIpc) is 3.20. The first-order valence-corrected chi connectivity index (χ1v) is 8.61. The Morgan fingerprint density at radius 2 is 1.82 bits per heavy atom. The van der Waals surface area contributed by atoms with Gasteiger partial charge in [0.05, 0.1) is 12.9 Å². The van der Waals surface area contributed by atoms with E-state index in [9.17, 15) is 13.6 Å². The second kappa shape index (κ2) is 9.66. The van der Waals surface area contributed by atoms with Gasteiger partial charge in [-0.3, -0.25) is 4.79 Å². The molecule has 0 aliphatic rings. The van der Waals surface area contributed by atoms with Crippen molar-refractivity contribution in [3.63, 3.8) is 0 Å². The molecule has 0 bridgehead atoms. The first kappa shape index (κ1) is 19.6. The van der Waals surface area contributed by atoms with Gasteiger partial charge in [0.1, 0.15) is 18.1 Å². The summed E-state index contributed by atoms with van der Waals surface area (Å²) in [5, 5.41) is 2.76. The zero-order valence-corrected chi connectivity index (χ0v) is 14.9. The number of amides is 1. The van der Waals surface area contributed by atoms with Gasteiger partial charge in [0.15, 0.2) is 0 Å². The Balaban J connectivity index is 1.52. The van der Waals surface area contributed by atoms with E-state index in [0.29, 0.717) is 19.8 Å². The lowest BCUT2D eigenvalue weighted by atomic mass is 10.1. The van der Waals surface area contributed by atoms with Crippen LogP contribution >= 0.6 is 0 Å². The van der Waals surface area contributed by atoms with Gasteiger partial charge < -0.3 is 19.2 Å². The fraction of sp³-hybridized carbons (Fsp3) is 0.190. The summed E-state index contributed by atoms with van der Waals surface area (Å²) < 4.78 is 39.7. The van der Waals surface area contributed by atoms with Crippen molar-refractivity contribution in [2.24, 2.45) is 0 Å². The molecule has 1 N–H and O–H groups in total. The van der Waals surface area contributed by atoms with Crippen LogP contribution in [0.25, 0.3) is 0 Å². The number of rotatable bonds is 9. The minimum absolute atomic E-state index is 0.0571. The first-order chi connectivity index (χ1) is 13.6. The maximum absolute atomic E-state index is 12.3. The molecular weight excluding hydrogens is 368 g/mol. The lowest BCUT2D eigenvalue weighted by molar-refractivity contribution is -0.0498. The number of furan rings is 1. The van der Waals surface area contributed by atoms with Gasteiger partial charge >= 0.3 is 6.61 Å². The molecule has 28 heavy (non-hydrogen) atoms. The molecule has 0 aliphatic carbocycles. The quantitative estimate of drug-likeness (QED) is 0.586. The molecule has 146 valence electrons. The van der Waals surface area contributed by atoms with Crippen molar-refractivity contribution in [3.05, 3.63) is 89.4 Å². The van der Waals surface area contributed by atoms with Crippen LogP contribution < -0.4 is 10.1 Å². The summed E-state index contributed by atoms with van der Waals surface area (Å²) in [6, 6.07) is 16.9. The summed E-state index contributed by atoms with van der Waals surface area (Å²) >= 11 is 0. The maximum atomic E-state index is 12.3. The summed E-state index contributed by atoms with van der Waals surface area (Å²) in [7, 11) is 0. The molecule has 2 aromatic carbocycles. The van der Waals surface area contributed by atoms with Crippen LogP contribution in [-0.2, 0) is 24.5 Å². The molecule has 0 radical (unpaired) electrons. The van der Waals surface area contributed by atoms with E-state index in [0.717, 1.165) is 16.9 Å². The predicted octanol–water partition coefficient (Wildman–Crippen LogP) is 4.53. The number of alkyl halides is 2. The summed E-state index contributed by atoms with van der Waals surface area (Å²) in [6.07, 6.45) is 1.59. The Bertz CT molecular complexity index is 897. The predicted molar refractivity (Wildman–Crippen MR) is 97.9 cm³/mol. The number of nitrogens with one attached hydrogen (secondary N) is 1. The van der Waals surface area contributed by atoms with Crippen molar-refractivity contribution < 1.29 is 27.5 Å². The molecule has 0 unspecified atom stereocenters. The topological polar surface area (TPSA) is 60.7 Å². The van der Waals surface area contributed by atoms with Gasteiger partial charge in [0.25, 0.3) is 5.91 Å². The Kier molecular flexibility index (Phi) is 6.75. The van der Waals surface area contributed by atoms with Crippen molar-refractivity contribution in [1.29, 1.82) is 0 Å². The number of carbonyl (C=O) groups excluding carboxylic acids is 1. The molecule has 0 fully saturated rings. The Hall–Kier alpha value is -3.19. The summed E-state index contributed by atoms with van der Waals surface area (Å²) in [4.78, 5) is 12.3. The van der Waals surface area contributed by atoms with E-state index in [4.69, 9.17) is 9.15 Å². The van der Waals surface area contributed by atoms with Gasteiger partial charge in [-0.1, -0.05) is 30.3 Å². The normalized spacial score (nSPS) is 10.8. The van der Waals surface area contributed by atoms with Crippen LogP contribution in [0, 0.1) is 0 Å². The fourth-order valence-electron chi connectivity index (χ4n) is 2.59. The van der Waals surface area contributed by atoms with Gasteiger partial charge in [-0.05, 0) is 41.5 Å². The second-order valence-electron chi connectivity index (χ2n) is 5.98. The smallest absolute Gasteiger partial charge is 0.387 e. The average molecular weight is 387 g/mol. The molecule has 0 saturated heterocycles. The number of benzene rings is 2. The standard InChI is InChI=1S/C21H19F2NO4/c22-21(23)28-18-7-2-6-17(11-18)20(25)24-12-15-4-1-5-16(10-15)13-26-14-19-8-3-9-27-19/h1-11,21H,12-14H2,(H,24,25). The SMILES string of the molecule is O=C(NCc1cccc(COCc2ccco2)c1)c1cccc(OC(F)F)c1. The third-order valence-corrected chi connectivity index (χ3v) is 3.86. The Morgan fingerprint density at radius 1 is 1.00 bits per heavy atom. The third-order valence-electron chi connectivity index (χ3n) is 3.86. The lowest BCUT2D eigenvalue weighted by Crippen LogP contribution is -2.22. The van der Waals surface area contributed by atoms with E-state index >= 15 is 0 Å². The van der Waals surface area contributed by atoms with Gasteiger partial charge in [-0.15, -0.1) is 0 Å². The van der Waals surface area contributed by atoms with E-state index < -0.39 is 6.61 Å². The van der Waals surface area contributed by atoms with Crippen LogP contribution in [0.3, 0.4) is 0 Å². The number of carbonyl (C=O) groups is 1. The first-order valence-electron chi connectivity index (χ1n) is 8.61. The zero-order chi connectivity index (χ0) is 19.8. The minimum Gasteiger partial charge on any atom is -0.467 e. The molecule has 3 aromatic rings. The highest BCUT2D eigenvalue weighted by Gasteiger charge is 2.09. The van der Waals surface area contributed by atoms with Crippen LogP contribution in [0.5, 0.6) is 5.75 Å². The summed E-state index contributed by atoms with van der Waals surface area (Å²) in [6.45, 7) is -1.85. The van der Waals surface area contributed by atoms with E-state index in [2.05, 4.69) is 10.1 Å². The molecule has 1 amide bonds. The molecule has 1 heterocycles. The minimum atomic E-state index is -2.93. The fourth-order valence-corrected chi connectivity index (χ4v) is 2.59. The van der Waals surface area contributed by atoms with Crippen LogP contribution in [0.4, 0.5) is 8.78 Å². The van der Waals surface area contributed by atoms with Crippen molar-refractivity contribution in [3.8, 4) is 5.75 Å². The van der Waals surface area contributed by atoms with Gasteiger partial charge in [0, 0.05) is 12.1 Å². The molecule has 5 nitrogen and oxygen atoms in total. The highest BCUT2D eigenvalue weighted by atomic mass is 19.3. The van der Waals surface area contributed by atoms with E-state index in [1.165, 1.54) is 24.3 Å². The van der Waals surface area contributed by atoms with E-state index in [1.807, 2.05) is 30.3 Å².